The molecule has 0 bridgehead atoms. The third kappa shape index (κ3) is 3.31. The van der Waals surface area contributed by atoms with Gasteiger partial charge >= 0.3 is 5.97 Å². The first-order valence-corrected chi connectivity index (χ1v) is 6.57. The lowest BCUT2D eigenvalue weighted by Crippen LogP contribution is -2.00. The van der Waals surface area contributed by atoms with E-state index in [0.29, 0.717) is 17.4 Å². The summed E-state index contributed by atoms with van der Waals surface area (Å²) in [4.78, 5) is 10.8. The number of carbonyl (C=O) groups is 1. The number of rotatable bonds is 4. The fraction of sp³-hybridized carbons (Fsp3) is 0.188. The van der Waals surface area contributed by atoms with E-state index in [9.17, 15) is 4.79 Å². The van der Waals surface area contributed by atoms with Crippen LogP contribution in [0.2, 0.25) is 5.02 Å². The number of hydrogen-bond acceptors (Lipinski definition) is 2. The normalized spacial score (nSPS) is 10.3. The molecule has 0 heterocycles. The maximum absolute atomic E-state index is 10.8. The van der Waals surface area contributed by atoms with Gasteiger partial charge in [-0.3, -0.25) is 0 Å². The van der Waals surface area contributed by atoms with Crippen LogP contribution in [0.1, 0.15) is 27.0 Å². The number of halogens is 1. The van der Waals surface area contributed by atoms with E-state index in [1.54, 1.807) is 6.07 Å². The molecule has 2 aromatic rings. The lowest BCUT2D eigenvalue weighted by molar-refractivity contribution is 0.0697. The van der Waals surface area contributed by atoms with Crippen LogP contribution in [0.5, 0.6) is 5.75 Å². The van der Waals surface area contributed by atoms with Gasteiger partial charge in [0.25, 0.3) is 0 Å². The molecule has 0 amide bonds. The van der Waals surface area contributed by atoms with E-state index >= 15 is 0 Å². The molecule has 0 atom stereocenters. The molecule has 0 aliphatic rings. The van der Waals surface area contributed by atoms with E-state index < -0.39 is 5.97 Å². The first-order valence-electron chi connectivity index (χ1n) is 6.19. The summed E-state index contributed by atoms with van der Waals surface area (Å²) in [7, 11) is 0. The average molecular weight is 291 g/mol. The first kappa shape index (κ1) is 14.4. The number of aryl methyl sites for hydroxylation is 2. The quantitative estimate of drug-likeness (QED) is 0.916. The van der Waals surface area contributed by atoms with Gasteiger partial charge in [-0.05, 0) is 43.2 Å². The minimum Gasteiger partial charge on any atom is -0.487 e. The van der Waals surface area contributed by atoms with Crippen molar-refractivity contribution >= 4 is 17.6 Å². The van der Waals surface area contributed by atoms with Crippen LogP contribution in [0.3, 0.4) is 0 Å². The van der Waals surface area contributed by atoms with Gasteiger partial charge in [0.05, 0.1) is 10.6 Å². The predicted octanol–water partition coefficient (Wildman–Crippen LogP) is 4.23. The minimum absolute atomic E-state index is 0.147. The summed E-state index contributed by atoms with van der Waals surface area (Å²) >= 11 is 6.02. The van der Waals surface area contributed by atoms with Gasteiger partial charge in [0.15, 0.2) is 0 Å². The molecule has 0 spiro atoms. The second-order valence-corrected chi connectivity index (χ2v) is 5.08. The average Bonchev–Trinajstić information content (AvgIpc) is 2.40. The molecule has 0 radical (unpaired) electrons. The van der Waals surface area contributed by atoms with E-state index in [2.05, 4.69) is 6.07 Å². The van der Waals surface area contributed by atoms with Crippen LogP contribution in [0.15, 0.2) is 36.4 Å². The Bertz CT molecular complexity index is 650. The molecule has 0 aliphatic carbocycles. The van der Waals surface area contributed by atoms with Gasteiger partial charge in [-0.2, -0.15) is 0 Å². The zero-order chi connectivity index (χ0) is 14.7. The Balaban J connectivity index is 2.15. The molecular formula is C16H15ClO3. The Morgan fingerprint density at radius 3 is 2.60 bits per heavy atom. The number of hydrogen-bond donors (Lipinski definition) is 1. The molecule has 3 nitrogen and oxygen atoms in total. The Morgan fingerprint density at radius 1 is 1.20 bits per heavy atom. The third-order valence-corrected chi connectivity index (χ3v) is 3.36. The maximum atomic E-state index is 10.8. The third-order valence-electron chi connectivity index (χ3n) is 3.07. The summed E-state index contributed by atoms with van der Waals surface area (Å²) in [6.45, 7) is 4.45. The number of carboxylic acids is 1. The second kappa shape index (κ2) is 5.97. The highest BCUT2D eigenvalue weighted by molar-refractivity contribution is 6.32. The van der Waals surface area contributed by atoms with Crippen LogP contribution in [-0.4, -0.2) is 11.1 Å². The lowest BCUT2D eigenvalue weighted by Gasteiger charge is -2.11. The molecule has 2 rings (SSSR count). The summed E-state index contributed by atoms with van der Waals surface area (Å²) in [5.41, 5.74) is 3.55. The van der Waals surface area contributed by atoms with Gasteiger partial charge in [-0.25, -0.2) is 4.79 Å². The molecule has 0 fully saturated rings. The van der Waals surface area contributed by atoms with Crippen LogP contribution in [0, 0.1) is 13.8 Å². The van der Waals surface area contributed by atoms with Crippen LogP contribution < -0.4 is 4.74 Å². The molecular weight excluding hydrogens is 276 g/mol. The van der Waals surface area contributed by atoms with Crippen LogP contribution >= 0.6 is 11.6 Å². The van der Waals surface area contributed by atoms with Crippen LogP contribution in [-0.2, 0) is 6.61 Å². The van der Waals surface area contributed by atoms with Crippen molar-refractivity contribution in [3.05, 3.63) is 63.7 Å². The lowest BCUT2D eigenvalue weighted by atomic mass is 10.1. The van der Waals surface area contributed by atoms with Crippen molar-refractivity contribution in [2.24, 2.45) is 0 Å². The van der Waals surface area contributed by atoms with Gasteiger partial charge in [0.1, 0.15) is 12.4 Å². The Kier molecular flexibility index (Phi) is 4.30. The fourth-order valence-corrected chi connectivity index (χ4v) is 2.10. The van der Waals surface area contributed by atoms with E-state index in [1.165, 1.54) is 17.7 Å². The summed E-state index contributed by atoms with van der Waals surface area (Å²) < 4.78 is 5.67. The van der Waals surface area contributed by atoms with Gasteiger partial charge in [-0.15, -0.1) is 0 Å². The first-order chi connectivity index (χ1) is 9.47. The van der Waals surface area contributed by atoms with E-state index in [-0.39, 0.29) is 5.56 Å². The monoisotopic (exact) mass is 290 g/mol. The second-order valence-electron chi connectivity index (χ2n) is 4.67. The molecule has 20 heavy (non-hydrogen) atoms. The molecule has 2 aromatic carbocycles. The topological polar surface area (TPSA) is 46.5 Å². The molecule has 104 valence electrons. The molecule has 0 saturated carbocycles. The van der Waals surface area contributed by atoms with Crippen LogP contribution in [0.4, 0.5) is 0 Å². The molecule has 0 unspecified atom stereocenters. The van der Waals surface area contributed by atoms with Gasteiger partial charge < -0.3 is 9.84 Å². The Labute approximate surface area is 122 Å². The molecule has 1 N–H and O–H groups in total. The summed E-state index contributed by atoms with van der Waals surface area (Å²) in [6.07, 6.45) is 0. The van der Waals surface area contributed by atoms with Crippen molar-refractivity contribution in [2.75, 3.05) is 0 Å². The van der Waals surface area contributed by atoms with Crippen LogP contribution in [0.25, 0.3) is 0 Å². The van der Waals surface area contributed by atoms with Gasteiger partial charge in [0, 0.05) is 0 Å². The summed E-state index contributed by atoms with van der Waals surface area (Å²) in [6, 6.07) is 10.6. The molecule has 0 aromatic heterocycles. The van der Waals surface area contributed by atoms with Crippen molar-refractivity contribution in [1.82, 2.24) is 0 Å². The zero-order valence-electron chi connectivity index (χ0n) is 11.3. The fourth-order valence-electron chi connectivity index (χ4n) is 1.86. The highest BCUT2D eigenvalue weighted by Crippen LogP contribution is 2.26. The van der Waals surface area contributed by atoms with E-state index in [0.717, 1.165) is 11.1 Å². The Hall–Kier alpha value is -2.00. The van der Waals surface area contributed by atoms with Crippen molar-refractivity contribution in [3.63, 3.8) is 0 Å². The van der Waals surface area contributed by atoms with E-state index in [1.807, 2.05) is 26.0 Å². The standard InChI is InChI=1S/C16H15ClO3/c1-10-3-4-11(2)13(7-10)9-20-15-6-5-12(16(18)19)8-14(15)17/h3-8H,9H2,1-2H3,(H,18,19). The smallest absolute Gasteiger partial charge is 0.335 e. The van der Waals surface area contributed by atoms with Crippen molar-refractivity contribution < 1.29 is 14.6 Å². The zero-order valence-corrected chi connectivity index (χ0v) is 12.1. The summed E-state index contributed by atoms with van der Waals surface area (Å²) in [5.74, 6) is -0.523. The molecule has 0 saturated heterocycles. The number of ether oxygens (including phenoxy) is 1. The van der Waals surface area contributed by atoms with E-state index in [4.69, 9.17) is 21.4 Å². The molecule has 4 heteroatoms. The SMILES string of the molecule is Cc1ccc(C)c(COc2ccc(C(=O)O)cc2Cl)c1. The molecule has 0 aliphatic heterocycles. The predicted molar refractivity (Wildman–Crippen MR) is 78.7 cm³/mol. The largest absolute Gasteiger partial charge is 0.487 e. The van der Waals surface area contributed by atoms with Crippen molar-refractivity contribution in [2.45, 2.75) is 20.5 Å². The van der Waals surface area contributed by atoms with Gasteiger partial charge in [-0.1, -0.05) is 35.4 Å². The highest BCUT2D eigenvalue weighted by atomic mass is 35.5. The van der Waals surface area contributed by atoms with Gasteiger partial charge in [0.2, 0.25) is 0 Å². The summed E-state index contributed by atoms with van der Waals surface area (Å²) in [5, 5.41) is 9.18. The number of benzene rings is 2. The van der Waals surface area contributed by atoms with Crippen molar-refractivity contribution in [3.8, 4) is 5.75 Å². The highest BCUT2D eigenvalue weighted by Gasteiger charge is 2.08. The van der Waals surface area contributed by atoms with Crippen molar-refractivity contribution in [1.29, 1.82) is 0 Å². The number of carboxylic acid groups (broad SMARTS) is 1. The number of aromatic carboxylic acids is 1. The maximum Gasteiger partial charge on any atom is 0.335 e. The Morgan fingerprint density at radius 2 is 1.95 bits per heavy atom. The minimum atomic E-state index is -1.01.